The molecule has 2 N–H and O–H groups in total. The van der Waals surface area contributed by atoms with Gasteiger partial charge < -0.3 is 0 Å². The van der Waals surface area contributed by atoms with Crippen LogP contribution < -0.4 is 10.3 Å². The lowest BCUT2D eigenvalue weighted by molar-refractivity contribution is 0.112. The van der Waals surface area contributed by atoms with Gasteiger partial charge in [-0.15, -0.1) is 0 Å². The van der Waals surface area contributed by atoms with Crippen molar-refractivity contribution in [2.24, 2.45) is 7.05 Å². The highest BCUT2D eigenvalue weighted by molar-refractivity contribution is 7.97. The van der Waals surface area contributed by atoms with Gasteiger partial charge in [-0.1, -0.05) is 48.5 Å². The maximum Gasteiger partial charge on any atom is 0.150 e. The van der Waals surface area contributed by atoms with E-state index in [2.05, 4.69) is 27.5 Å². The van der Waals surface area contributed by atoms with Gasteiger partial charge in [0.05, 0.1) is 5.52 Å². The van der Waals surface area contributed by atoms with Gasteiger partial charge in [-0.2, -0.15) is 9.93 Å². The van der Waals surface area contributed by atoms with Crippen LogP contribution in [0.5, 0.6) is 0 Å². The number of hydrogen-bond acceptors (Lipinski definition) is 5. The number of hydrogen-bond donors (Lipinski definition) is 2. The Labute approximate surface area is 168 Å². The number of fused-ring (bicyclic) bond motifs is 1. The van der Waals surface area contributed by atoms with Crippen LogP contribution in [0.25, 0.3) is 22.0 Å². The van der Waals surface area contributed by atoms with Crippen molar-refractivity contribution >= 4 is 29.1 Å². The predicted molar refractivity (Wildman–Crippen MR) is 116 cm³/mol. The summed E-state index contributed by atoms with van der Waals surface area (Å²) in [4.78, 5) is 15.3. The van der Waals surface area contributed by atoms with E-state index in [1.807, 2.05) is 81.0 Å². The highest BCUT2D eigenvalue weighted by Crippen LogP contribution is 2.26. The lowest BCUT2D eigenvalue weighted by Gasteiger charge is -2.03. The summed E-state index contributed by atoms with van der Waals surface area (Å²) in [5.74, 6) is 0. The molecule has 0 aliphatic carbocycles. The molecule has 0 amide bonds. The number of aldehydes is 1. The summed E-state index contributed by atoms with van der Waals surface area (Å²) < 4.78 is 1.73. The van der Waals surface area contributed by atoms with Crippen molar-refractivity contribution in [2.45, 2.75) is 4.90 Å². The second-order valence-corrected chi connectivity index (χ2v) is 6.93. The Morgan fingerprint density at radius 2 is 1.64 bits per heavy atom. The van der Waals surface area contributed by atoms with Crippen molar-refractivity contribution in [2.75, 3.05) is 7.05 Å². The fraction of sp³-hybridized carbons (Fsp3) is 0.0909. The van der Waals surface area contributed by atoms with Gasteiger partial charge in [0, 0.05) is 29.1 Å². The van der Waals surface area contributed by atoms with Gasteiger partial charge in [-0.25, -0.2) is 0 Å². The zero-order valence-electron chi connectivity index (χ0n) is 15.8. The molecule has 0 saturated carbocycles. The Morgan fingerprint density at radius 3 is 2.29 bits per heavy atom. The molecule has 0 radical (unpaired) electrons. The van der Waals surface area contributed by atoms with Crippen molar-refractivity contribution in [1.82, 2.24) is 20.0 Å². The molecule has 1 aromatic heterocycles. The van der Waals surface area contributed by atoms with E-state index in [1.54, 1.807) is 16.6 Å². The summed E-state index contributed by atoms with van der Waals surface area (Å²) in [7, 11) is 3.70. The standard InChI is InChI=1S/C15H12N2O.C7H10N2S/c1-17-9-14-13(10-18)7-12(8-15(14)16-17)11-5-3-2-4-6-11;1-8-9-10-7-5-3-2-4-6-7/h2-10H,1H3;2-6,8-9H,1H3. The zero-order chi connectivity index (χ0) is 19.8. The lowest BCUT2D eigenvalue weighted by atomic mass is 10.0. The topological polar surface area (TPSA) is 59.0 Å². The number of aryl methyl sites for hydroxylation is 1. The van der Waals surface area contributed by atoms with Crippen LogP contribution in [-0.4, -0.2) is 23.1 Å². The number of carbonyl (C=O) groups is 1. The van der Waals surface area contributed by atoms with E-state index < -0.39 is 0 Å². The molecule has 0 saturated heterocycles. The lowest BCUT2D eigenvalue weighted by Crippen LogP contribution is -2.18. The van der Waals surface area contributed by atoms with E-state index in [1.165, 1.54) is 4.90 Å². The Hall–Kier alpha value is -2.93. The third-order valence-electron chi connectivity index (χ3n) is 4.02. The summed E-state index contributed by atoms with van der Waals surface area (Å²) >= 11 is 1.56. The molecule has 6 heteroatoms. The molecular formula is C22H22N4OS. The smallest absolute Gasteiger partial charge is 0.150 e. The van der Waals surface area contributed by atoms with Gasteiger partial charge in [0.25, 0.3) is 0 Å². The maximum absolute atomic E-state index is 11.2. The van der Waals surface area contributed by atoms with Crippen LogP contribution in [0, 0.1) is 0 Å². The molecule has 0 unspecified atom stereocenters. The van der Waals surface area contributed by atoms with Gasteiger partial charge in [0.15, 0.2) is 6.29 Å². The summed E-state index contributed by atoms with van der Waals surface area (Å²) in [5.41, 5.74) is 6.47. The number of nitrogens with one attached hydrogen (secondary N) is 2. The molecule has 0 aliphatic rings. The Morgan fingerprint density at radius 1 is 0.964 bits per heavy atom. The average molecular weight is 391 g/mol. The summed E-state index contributed by atoms with van der Waals surface area (Å²) in [6, 6.07) is 24.1. The van der Waals surface area contributed by atoms with Crippen LogP contribution in [0.3, 0.4) is 0 Å². The molecule has 5 nitrogen and oxygen atoms in total. The fourth-order valence-corrected chi connectivity index (χ4v) is 3.28. The highest BCUT2D eigenvalue weighted by Gasteiger charge is 2.08. The normalized spacial score (nSPS) is 10.4. The first-order valence-corrected chi connectivity index (χ1v) is 9.64. The molecule has 0 aliphatic heterocycles. The average Bonchev–Trinajstić information content (AvgIpc) is 3.13. The van der Waals surface area contributed by atoms with Crippen LogP contribution >= 0.6 is 11.9 Å². The van der Waals surface area contributed by atoms with Crippen LogP contribution in [0.1, 0.15) is 10.4 Å². The Kier molecular flexibility index (Phi) is 6.97. The number of nitrogens with zero attached hydrogens (tertiary/aromatic N) is 2. The van der Waals surface area contributed by atoms with Crippen molar-refractivity contribution in [1.29, 1.82) is 0 Å². The molecular weight excluding hydrogens is 368 g/mol. The molecule has 3 aromatic carbocycles. The van der Waals surface area contributed by atoms with Crippen molar-refractivity contribution in [3.63, 3.8) is 0 Å². The molecule has 0 spiro atoms. The molecule has 1 heterocycles. The summed E-state index contributed by atoms with van der Waals surface area (Å²) in [6.07, 6.45) is 2.75. The largest absolute Gasteiger partial charge is 0.298 e. The number of carbonyl (C=O) groups excluding carboxylic acids is 1. The number of benzene rings is 3. The van der Waals surface area contributed by atoms with E-state index in [0.29, 0.717) is 5.56 Å². The van der Waals surface area contributed by atoms with Crippen molar-refractivity contribution in [3.05, 3.63) is 84.6 Å². The number of aromatic nitrogens is 2. The van der Waals surface area contributed by atoms with Crippen LogP contribution in [-0.2, 0) is 7.05 Å². The van der Waals surface area contributed by atoms with Crippen LogP contribution in [0.15, 0.2) is 83.9 Å². The monoisotopic (exact) mass is 390 g/mol. The minimum atomic E-state index is 0.680. The molecule has 0 bridgehead atoms. The third kappa shape index (κ3) is 5.07. The third-order valence-corrected chi connectivity index (χ3v) is 4.83. The first kappa shape index (κ1) is 19.8. The van der Waals surface area contributed by atoms with Crippen LogP contribution in [0.4, 0.5) is 0 Å². The second kappa shape index (κ2) is 9.85. The molecule has 142 valence electrons. The first-order valence-electron chi connectivity index (χ1n) is 8.83. The van der Waals surface area contributed by atoms with Crippen LogP contribution in [0.2, 0.25) is 0 Å². The molecule has 0 fully saturated rings. The number of rotatable bonds is 5. The van der Waals surface area contributed by atoms with E-state index in [9.17, 15) is 4.79 Å². The minimum Gasteiger partial charge on any atom is -0.298 e. The molecule has 4 rings (SSSR count). The van der Waals surface area contributed by atoms with Crippen molar-refractivity contribution in [3.8, 4) is 11.1 Å². The first-order chi connectivity index (χ1) is 13.7. The molecule has 0 atom stereocenters. The molecule has 28 heavy (non-hydrogen) atoms. The second-order valence-electron chi connectivity index (χ2n) is 6.05. The molecule has 4 aromatic rings. The summed E-state index contributed by atoms with van der Waals surface area (Å²) in [6.45, 7) is 0. The van der Waals surface area contributed by atoms with Gasteiger partial charge in [0.2, 0.25) is 0 Å². The predicted octanol–water partition coefficient (Wildman–Crippen LogP) is 4.47. The highest BCUT2D eigenvalue weighted by atomic mass is 32.2. The minimum absolute atomic E-state index is 0.680. The Bertz CT molecular complexity index is 1030. The van der Waals surface area contributed by atoms with E-state index in [-0.39, 0.29) is 0 Å². The van der Waals surface area contributed by atoms with Gasteiger partial charge in [-0.05, 0) is 54.4 Å². The SMILES string of the molecule is CNNSc1ccccc1.Cn1cc2c(C=O)cc(-c3ccccc3)cc2n1. The fourth-order valence-electron chi connectivity index (χ4n) is 2.76. The number of hydrazine groups is 1. The van der Waals surface area contributed by atoms with E-state index in [0.717, 1.165) is 28.3 Å². The maximum atomic E-state index is 11.2. The van der Waals surface area contributed by atoms with Gasteiger partial charge in [0.1, 0.15) is 0 Å². The van der Waals surface area contributed by atoms with Crippen molar-refractivity contribution < 1.29 is 4.79 Å². The quantitative estimate of drug-likeness (QED) is 0.299. The van der Waals surface area contributed by atoms with E-state index >= 15 is 0 Å². The summed E-state index contributed by atoms with van der Waals surface area (Å²) in [5, 5.41) is 5.26. The zero-order valence-corrected chi connectivity index (χ0v) is 16.6. The van der Waals surface area contributed by atoms with E-state index in [4.69, 9.17) is 0 Å². The van der Waals surface area contributed by atoms with Gasteiger partial charge in [-0.3, -0.25) is 14.9 Å². The van der Waals surface area contributed by atoms with Gasteiger partial charge >= 0.3 is 0 Å². The Balaban J connectivity index is 0.000000192.